The van der Waals surface area contributed by atoms with Gasteiger partial charge in [0.15, 0.2) is 0 Å². The number of benzene rings is 2. The van der Waals surface area contributed by atoms with Gasteiger partial charge in [-0.25, -0.2) is 0 Å². The first-order valence-electron chi connectivity index (χ1n) is 10.4. The van der Waals surface area contributed by atoms with Gasteiger partial charge in [-0.05, 0) is 43.4 Å². The third kappa shape index (κ3) is 5.91. The number of anilines is 1. The lowest BCUT2D eigenvalue weighted by atomic mass is 10.0. The molecular formula is C24H31N3O2. The molecule has 5 heteroatoms. The fourth-order valence-electron chi connectivity index (χ4n) is 3.41. The van der Waals surface area contributed by atoms with E-state index in [2.05, 4.69) is 36.3 Å². The highest BCUT2D eigenvalue weighted by Crippen LogP contribution is 2.30. The highest BCUT2D eigenvalue weighted by Gasteiger charge is 2.34. The number of carbonyl (C=O) groups is 2. The molecule has 0 spiro atoms. The first-order valence-corrected chi connectivity index (χ1v) is 10.4. The highest BCUT2D eigenvalue weighted by atomic mass is 16.2. The van der Waals surface area contributed by atoms with Crippen molar-refractivity contribution in [3.05, 3.63) is 65.7 Å². The number of carbonyl (C=O) groups excluding carboxylic acids is 2. The summed E-state index contributed by atoms with van der Waals surface area (Å²) in [7, 11) is 0. The molecule has 1 saturated carbocycles. The second-order valence-electron chi connectivity index (χ2n) is 8.15. The first-order chi connectivity index (χ1) is 14.0. The molecule has 1 aliphatic rings. The summed E-state index contributed by atoms with van der Waals surface area (Å²) < 4.78 is 0. The number of nitrogens with one attached hydrogen (secondary N) is 2. The summed E-state index contributed by atoms with van der Waals surface area (Å²) >= 11 is 0. The van der Waals surface area contributed by atoms with Crippen LogP contribution in [0, 0.1) is 5.92 Å². The van der Waals surface area contributed by atoms with Gasteiger partial charge in [-0.15, -0.1) is 0 Å². The van der Waals surface area contributed by atoms with Crippen LogP contribution < -0.4 is 10.6 Å². The molecule has 2 N–H and O–H groups in total. The zero-order valence-electron chi connectivity index (χ0n) is 17.5. The van der Waals surface area contributed by atoms with E-state index < -0.39 is 0 Å². The molecule has 154 valence electrons. The summed E-state index contributed by atoms with van der Waals surface area (Å²) in [4.78, 5) is 27.7. The molecule has 2 aromatic carbocycles. The van der Waals surface area contributed by atoms with E-state index in [9.17, 15) is 9.59 Å². The molecule has 0 aliphatic heterocycles. The third-order valence-corrected chi connectivity index (χ3v) is 5.57. The molecule has 1 fully saturated rings. The average molecular weight is 394 g/mol. The predicted octanol–water partition coefficient (Wildman–Crippen LogP) is 4.06. The number of hydrogen-bond acceptors (Lipinski definition) is 3. The van der Waals surface area contributed by atoms with Crippen molar-refractivity contribution in [3.8, 4) is 0 Å². The number of para-hydroxylation sites is 1. The van der Waals surface area contributed by atoms with Crippen molar-refractivity contribution in [2.24, 2.45) is 5.92 Å². The van der Waals surface area contributed by atoms with Crippen LogP contribution in [-0.2, 0) is 11.3 Å². The van der Waals surface area contributed by atoms with Gasteiger partial charge in [0, 0.05) is 18.6 Å². The van der Waals surface area contributed by atoms with E-state index in [0.29, 0.717) is 42.3 Å². The zero-order chi connectivity index (χ0) is 20.8. The minimum absolute atomic E-state index is 0.0762. The number of amides is 2. The van der Waals surface area contributed by atoms with Crippen molar-refractivity contribution in [1.29, 1.82) is 0 Å². The highest BCUT2D eigenvalue weighted by molar-refractivity contribution is 6.04. The Morgan fingerprint density at radius 1 is 1.00 bits per heavy atom. The Kier molecular flexibility index (Phi) is 7.04. The van der Waals surface area contributed by atoms with Gasteiger partial charge in [-0.3, -0.25) is 14.5 Å². The van der Waals surface area contributed by atoms with Crippen molar-refractivity contribution in [1.82, 2.24) is 10.2 Å². The molecule has 0 heterocycles. The summed E-state index contributed by atoms with van der Waals surface area (Å²) in [5.41, 5.74) is 2.06. The minimum atomic E-state index is -0.195. The summed E-state index contributed by atoms with van der Waals surface area (Å²) in [6.45, 7) is 7.35. The molecule has 29 heavy (non-hydrogen) atoms. The van der Waals surface area contributed by atoms with Gasteiger partial charge < -0.3 is 10.6 Å². The summed E-state index contributed by atoms with van der Waals surface area (Å²) in [5.74, 6) is 0.214. The van der Waals surface area contributed by atoms with Gasteiger partial charge in [-0.2, -0.15) is 0 Å². The fourth-order valence-corrected chi connectivity index (χ4v) is 3.41. The molecule has 0 saturated heterocycles. The van der Waals surface area contributed by atoms with Crippen LogP contribution in [-0.4, -0.2) is 35.3 Å². The number of rotatable bonds is 9. The van der Waals surface area contributed by atoms with Crippen LogP contribution >= 0.6 is 0 Å². The topological polar surface area (TPSA) is 61.4 Å². The van der Waals surface area contributed by atoms with Crippen LogP contribution in [0.1, 0.15) is 49.5 Å². The van der Waals surface area contributed by atoms with Gasteiger partial charge in [-0.1, -0.05) is 56.3 Å². The summed E-state index contributed by atoms with van der Waals surface area (Å²) in [6.07, 6.45) is 2.31. The standard InChI is InChI=1S/C24H31N3O2/c1-17(2)18(3)27(20-13-14-20)16-23(28)26-22-12-8-7-11-21(22)24(29)25-15-19-9-5-4-6-10-19/h4-12,17-18,20H,13-16H2,1-3H3,(H,25,29)(H,26,28)/t18-/m0/s1. The van der Waals surface area contributed by atoms with E-state index in [4.69, 9.17) is 0 Å². The van der Waals surface area contributed by atoms with E-state index in [0.717, 1.165) is 18.4 Å². The maximum atomic E-state index is 12.8. The molecule has 5 nitrogen and oxygen atoms in total. The van der Waals surface area contributed by atoms with Crippen LogP contribution in [0.5, 0.6) is 0 Å². The van der Waals surface area contributed by atoms with Crippen LogP contribution in [0.15, 0.2) is 54.6 Å². The van der Waals surface area contributed by atoms with Crippen molar-refractivity contribution >= 4 is 17.5 Å². The monoisotopic (exact) mass is 393 g/mol. The molecule has 3 rings (SSSR count). The van der Waals surface area contributed by atoms with Crippen LogP contribution in [0.4, 0.5) is 5.69 Å². The second-order valence-corrected chi connectivity index (χ2v) is 8.15. The van der Waals surface area contributed by atoms with E-state index in [1.807, 2.05) is 42.5 Å². The Morgan fingerprint density at radius 3 is 2.31 bits per heavy atom. The van der Waals surface area contributed by atoms with Crippen molar-refractivity contribution in [3.63, 3.8) is 0 Å². The van der Waals surface area contributed by atoms with E-state index in [-0.39, 0.29) is 11.8 Å². The Balaban J connectivity index is 1.63. The summed E-state index contributed by atoms with van der Waals surface area (Å²) in [5, 5.41) is 5.89. The fraction of sp³-hybridized carbons (Fsp3) is 0.417. The quantitative estimate of drug-likeness (QED) is 0.675. The molecule has 0 unspecified atom stereocenters. The van der Waals surface area contributed by atoms with Crippen molar-refractivity contribution < 1.29 is 9.59 Å². The van der Waals surface area contributed by atoms with E-state index in [1.165, 1.54) is 0 Å². The maximum Gasteiger partial charge on any atom is 0.253 e. The minimum Gasteiger partial charge on any atom is -0.348 e. The van der Waals surface area contributed by atoms with Crippen molar-refractivity contribution in [2.45, 2.75) is 52.2 Å². The molecule has 0 bridgehead atoms. The van der Waals surface area contributed by atoms with Crippen LogP contribution in [0.2, 0.25) is 0 Å². The number of hydrogen-bond donors (Lipinski definition) is 2. The normalized spacial score (nSPS) is 14.7. The van der Waals surface area contributed by atoms with Gasteiger partial charge in [0.05, 0.1) is 17.8 Å². The predicted molar refractivity (Wildman–Crippen MR) is 117 cm³/mol. The second kappa shape index (κ2) is 9.70. The first kappa shape index (κ1) is 21.1. The zero-order valence-corrected chi connectivity index (χ0v) is 17.5. The third-order valence-electron chi connectivity index (χ3n) is 5.57. The van der Waals surface area contributed by atoms with Gasteiger partial charge in [0.1, 0.15) is 0 Å². The lowest BCUT2D eigenvalue weighted by molar-refractivity contribution is -0.118. The maximum absolute atomic E-state index is 12.8. The molecule has 0 aromatic heterocycles. The van der Waals surface area contributed by atoms with Crippen LogP contribution in [0.3, 0.4) is 0 Å². The van der Waals surface area contributed by atoms with E-state index in [1.54, 1.807) is 12.1 Å². The van der Waals surface area contributed by atoms with Gasteiger partial charge in [0.25, 0.3) is 5.91 Å². The number of nitrogens with zero attached hydrogens (tertiary/aromatic N) is 1. The van der Waals surface area contributed by atoms with E-state index >= 15 is 0 Å². The van der Waals surface area contributed by atoms with Crippen molar-refractivity contribution in [2.75, 3.05) is 11.9 Å². The SMILES string of the molecule is CC(C)[C@H](C)N(CC(=O)Nc1ccccc1C(=O)NCc1ccccc1)C1CC1. The molecule has 2 amide bonds. The Labute approximate surface area is 173 Å². The van der Waals surface area contributed by atoms with Gasteiger partial charge >= 0.3 is 0 Å². The van der Waals surface area contributed by atoms with Crippen LogP contribution in [0.25, 0.3) is 0 Å². The van der Waals surface area contributed by atoms with Gasteiger partial charge in [0.2, 0.25) is 5.91 Å². The smallest absolute Gasteiger partial charge is 0.253 e. The molecule has 0 radical (unpaired) electrons. The lowest BCUT2D eigenvalue weighted by Gasteiger charge is -2.31. The Morgan fingerprint density at radius 2 is 1.66 bits per heavy atom. The largest absolute Gasteiger partial charge is 0.348 e. The Bertz CT molecular complexity index is 831. The Hall–Kier alpha value is -2.66. The molecule has 1 aliphatic carbocycles. The average Bonchev–Trinajstić information content (AvgIpc) is 3.56. The molecule has 1 atom stereocenters. The lowest BCUT2D eigenvalue weighted by Crippen LogP contribution is -2.43. The summed E-state index contributed by atoms with van der Waals surface area (Å²) in [6, 6.07) is 17.8. The molecular weight excluding hydrogens is 362 g/mol. The molecule has 2 aromatic rings.